The molecule has 2 amide bonds. The van der Waals surface area contributed by atoms with Crippen molar-refractivity contribution in [2.75, 3.05) is 25.6 Å². The van der Waals surface area contributed by atoms with E-state index >= 15 is 0 Å². The minimum atomic E-state index is -0.607. The average Bonchev–Trinajstić information content (AvgIpc) is 2.51. The van der Waals surface area contributed by atoms with E-state index in [4.69, 9.17) is 4.74 Å². The Morgan fingerprint density at radius 2 is 1.88 bits per heavy atom. The summed E-state index contributed by atoms with van der Waals surface area (Å²) in [5, 5.41) is 2.89. The molecule has 0 aliphatic carbocycles. The number of nitrogens with one attached hydrogen (secondary N) is 1. The highest BCUT2D eigenvalue weighted by atomic mass is 32.2. The summed E-state index contributed by atoms with van der Waals surface area (Å²) in [6, 6.07) is 9.06. The van der Waals surface area contributed by atoms with Gasteiger partial charge in [-0.2, -0.15) is 11.8 Å². The molecule has 0 unspecified atom stereocenters. The number of likely N-dealkylation sites (N-methyl/N-ethyl adjacent to an activating group) is 1. The van der Waals surface area contributed by atoms with Crippen LogP contribution in [0, 0.1) is 0 Å². The molecule has 134 valence electrons. The molecule has 1 aromatic rings. The molecular formula is C18H28N2O3S. The lowest BCUT2D eigenvalue weighted by Gasteiger charge is -2.30. The minimum absolute atomic E-state index is 0.165. The lowest BCUT2D eigenvalue weighted by atomic mass is 10.0. The molecule has 0 aliphatic heterocycles. The van der Waals surface area contributed by atoms with Gasteiger partial charge in [0.05, 0.1) is 0 Å². The second-order valence-electron chi connectivity index (χ2n) is 6.58. The largest absolute Gasteiger partial charge is 0.444 e. The molecular weight excluding hydrogens is 324 g/mol. The number of benzene rings is 1. The van der Waals surface area contributed by atoms with Crippen molar-refractivity contribution in [2.24, 2.45) is 0 Å². The highest BCUT2D eigenvalue weighted by molar-refractivity contribution is 7.98. The summed E-state index contributed by atoms with van der Waals surface area (Å²) >= 11 is 1.66. The first-order chi connectivity index (χ1) is 11.2. The molecule has 1 N–H and O–H groups in total. The second-order valence-corrected chi connectivity index (χ2v) is 7.57. The van der Waals surface area contributed by atoms with Crippen LogP contribution < -0.4 is 5.32 Å². The zero-order valence-electron chi connectivity index (χ0n) is 15.2. The fraction of sp³-hybridized carbons (Fsp3) is 0.556. The van der Waals surface area contributed by atoms with Crippen molar-refractivity contribution < 1.29 is 14.3 Å². The number of carbonyl (C=O) groups excluding carboxylic acids is 2. The Balaban J connectivity index is 2.86. The first-order valence-electron chi connectivity index (χ1n) is 8.01. The quantitative estimate of drug-likeness (QED) is 0.767. The molecule has 0 saturated heterocycles. The predicted molar refractivity (Wildman–Crippen MR) is 99.3 cm³/mol. The van der Waals surface area contributed by atoms with E-state index in [2.05, 4.69) is 5.32 Å². The first kappa shape index (κ1) is 20.4. The zero-order valence-corrected chi connectivity index (χ0v) is 16.0. The Kier molecular flexibility index (Phi) is 8.11. The number of rotatable bonds is 7. The van der Waals surface area contributed by atoms with Crippen LogP contribution in [0.4, 0.5) is 4.79 Å². The van der Waals surface area contributed by atoms with Crippen LogP contribution >= 0.6 is 11.8 Å². The van der Waals surface area contributed by atoms with E-state index < -0.39 is 17.7 Å². The van der Waals surface area contributed by atoms with Gasteiger partial charge in [-0.3, -0.25) is 9.69 Å². The van der Waals surface area contributed by atoms with Gasteiger partial charge in [0.15, 0.2) is 0 Å². The number of nitrogens with zero attached hydrogens (tertiary/aromatic N) is 1. The van der Waals surface area contributed by atoms with Gasteiger partial charge in [-0.1, -0.05) is 30.3 Å². The summed E-state index contributed by atoms with van der Waals surface area (Å²) in [5.74, 6) is 0.668. The van der Waals surface area contributed by atoms with Crippen LogP contribution in [0.1, 0.15) is 26.3 Å². The fourth-order valence-electron chi connectivity index (χ4n) is 2.10. The van der Waals surface area contributed by atoms with E-state index in [1.165, 1.54) is 4.90 Å². The Hall–Kier alpha value is -1.69. The Labute approximate surface area is 149 Å². The summed E-state index contributed by atoms with van der Waals surface area (Å²) in [5.41, 5.74) is 0.399. The SMILES string of the molecule is CSCCNC(=O)[C@H](Cc1ccccc1)N(C)C(=O)OC(C)(C)C. The van der Waals surface area contributed by atoms with Gasteiger partial charge in [0.1, 0.15) is 11.6 Å². The summed E-state index contributed by atoms with van der Waals surface area (Å²) < 4.78 is 5.40. The number of hydrogen-bond donors (Lipinski definition) is 1. The summed E-state index contributed by atoms with van der Waals surface area (Å²) in [7, 11) is 1.61. The fourth-order valence-corrected chi connectivity index (χ4v) is 2.40. The maximum absolute atomic E-state index is 12.6. The maximum atomic E-state index is 12.6. The molecule has 0 fully saturated rings. The van der Waals surface area contributed by atoms with E-state index in [1.54, 1.807) is 18.8 Å². The van der Waals surface area contributed by atoms with Crippen molar-refractivity contribution >= 4 is 23.8 Å². The molecule has 24 heavy (non-hydrogen) atoms. The van der Waals surface area contributed by atoms with Gasteiger partial charge in [0.2, 0.25) is 5.91 Å². The normalized spacial score (nSPS) is 12.4. The molecule has 0 heterocycles. The van der Waals surface area contributed by atoms with Gasteiger partial charge in [-0.15, -0.1) is 0 Å². The van der Waals surface area contributed by atoms with Crippen molar-refractivity contribution in [3.05, 3.63) is 35.9 Å². The number of thioether (sulfide) groups is 1. The number of hydrogen-bond acceptors (Lipinski definition) is 4. The third-order valence-electron chi connectivity index (χ3n) is 3.33. The first-order valence-corrected chi connectivity index (χ1v) is 9.40. The van der Waals surface area contributed by atoms with Crippen LogP contribution in [0.3, 0.4) is 0 Å². The van der Waals surface area contributed by atoms with Crippen LogP contribution in [-0.4, -0.2) is 54.1 Å². The molecule has 1 aromatic carbocycles. The highest BCUT2D eigenvalue weighted by Crippen LogP contribution is 2.14. The number of carbonyl (C=O) groups is 2. The summed E-state index contributed by atoms with van der Waals surface area (Å²) in [6.07, 6.45) is 1.94. The van der Waals surface area contributed by atoms with Crippen molar-refractivity contribution in [3.8, 4) is 0 Å². The van der Waals surface area contributed by atoms with Gasteiger partial charge in [0, 0.05) is 25.8 Å². The van der Waals surface area contributed by atoms with Crippen molar-refractivity contribution in [3.63, 3.8) is 0 Å². The van der Waals surface area contributed by atoms with Crippen LogP contribution in [0.2, 0.25) is 0 Å². The molecule has 0 saturated carbocycles. The Bertz CT molecular complexity index is 529. The predicted octanol–water partition coefficient (Wildman–Crippen LogP) is 2.94. The smallest absolute Gasteiger partial charge is 0.410 e. The topological polar surface area (TPSA) is 58.6 Å². The summed E-state index contributed by atoms with van der Waals surface area (Å²) in [6.45, 7) is 6.00. The molecule has 0 aromatic heterocycles. The Morgan fingerprint density at radius 3 is 2.42 bits per heavy atom. The summed E-state index contributed by atoms with van der Waals surface area (Å²) in [4.78, 5) is 26.3. The molecule has 6 heteroatoms. The number of amides is 2. The number of ether oxygens (including phenoxy) is 1. The van der Waals surface area contributed by atoms with Crippen molar-refractivity contribution in [2.45, 2.75) is 38.8 Å². The second kappa shape index (κ2) is 9.57. The van der Waals surface area contributed by atoms with E-state index in [9.17, 15) is 9.59 Å². The molecule has 1 rings (SSSR count). The molecule has 0 aliphatic rings. The third-order valence-corrected chi connectivity index (χ3v) is 3.94. The monoisotopic (exact) mass is 352 g/mol. The molecule has 1 atom stereocenters. The van der Waals surface area contributed by atoms with Crippen molar-refractivity contribution in [1.29, 1.82) is 0 Å². The standard InChI is InChI=1S/C18H28N2O3S/c1-18(2,3)23-17(22)20(4)15(16(21)19-11-12-24-5)13-14-9-7-6-8-10-14/h6-10,15H,11-13H2,1-5H3,(H,19,21)/t15-/m0/s1. The van der Waals surface area contributed by atoms with Crippen molar-refractivity contribution in [1.82, 2.24) is 10.2 Å². The van der Waals surface area contributed by atoms with Gasteiger partial charge in [-0.25, -0.2) is 4.79 Å². The Morgan fingerprint density at radius 1 is 1.25 bits per heavy atom. The van der Waals surface area contributed by atoms with Gasteiger partial charge < -0.3 is 10.1 Å². The van der Waals surface area contributed by atoms with Crippen LogP contribution in [0.15, 0.2) is 30.3 Å². The van der Waals surface area contributed by atoms with E-state index in [-0.39, 0.29) is 5.91 Å². The van der Waals surface area contributed by atoms with Crippen LogP contribution in [0.5, 0.6) is 0 Å². The van der Waals surface area contributed by atoms with Gasteiger partial charge in [0.25, 0.3) is 0 Å². The van der Waals surface area contributed by atoms with E-state index in [0.29, 0.717) is 13.0 Å². The highest BCUT2D eigenvalue weighted by Gasteiger charge is 2.30. The van der Waals surface area contributed by atoms with Crippen LogP contribution in [0.25, 0.3) is 0 Å². The molecule has 5 nitrogen and oxygen atoms in total. The third kappa shape index (κ3) is 7.25. The molecule has 0 bridgehead atoms. The molecule has 0 radical (unpaired) electrons. The minimum Gasteiger partial charge on any atom is -0.444 e. The van der Waals surface area contributed by atoms with Gasteiger partial charge >= 0.3 is 6.09 Å². The zero-order chi connectivity index (χ0) is 18.2. The molecule has 0 spiro atoms. The van der Waals surface area contributed by atoms with Crippen LogP contribution in [-0.2, 0) is 16.0 Å². The van der Waals surface area contributed by atoms with Gasteiger partial charge in [-0.05, 0) is 32.6 Å². The maximum Gasteiger partial charge on any atom is 0.410 e. The lowest BCUT2D eigenvalue weighted by Crippen LogP contribution is -2.50. The average molecular weight is 353 g/mol. The lowest BCUT2D eigenvalue weighted by molar-refractivity contribution is -0.125. The van der Waals surface area contributed by atoms with E-state index in [0.717, 1.165) is 11.3 Å². The van der Waals surface area contributed by atoms with E-state index in [1.807, 2.05) is 57.4 Å².